The van der Waals surface area contributed by atoms with Gasteiger partial charge in [0.1, 0.15) is 0 Å². The Morgan fingerprint density at radius 1 is 1.29 bits per heavy atom. The van der Waals surface area contributed by atoms with Crippen LogP contribution in [-0.4, -0.2) is 24.7 Å². The average molecular weight is 231 g/mol. The second kappa shape index (κ2) is 5.87. The fraction of sp³-hybridized carbons (Fsp3) is 0.467. The predicted octanol–water partition coefficient (Wildman–Crippen LogP) is 3.20. The third-order valence-corrected chi connectivity index (χ3v) is 3.36. The van der Waals surface area contributed by atoms with Gasteiger partial charge in [-0.3, -0.25) is 0 Å². The zero-order valence-corrected chi connectivity index (χ0v) is 10.7. The van der Waals surface area contributed by atoms with Crippen LogP contribution in [0.2, 0.25) is 0 Å². The van der Waals surface area contributed by atoms with Gasteiger partial charge in [0.05, 0.1) is 6.10 Å². The molecule has 0 saturated carbocycles. The van der Waals surface area contributed by atoms with E-state index < -0.39 is 0 Å². The Balaban J connectivity index is 2.04. The van der Waals surface area contributed by atoms with Crippen molar-refractivity contribution in [3.8, 4) is 0 Å². The van der Waals surface area contributed by atoms with Crippen LogP contribution in [-0.2, 0) is 11.3 Å². The van der Waals surface area contributed by atoms with Gasteiger partial charge in [-0.05, 0) is 24.0 Å². The summed E-state index contributed by atoms with van der Waals surface area (Å²) in [4.78, 5) is 2.39. The van der Waals surface area contributed by atoms with Crippen molar-refractivity contribution in [3.63, 3.8) is 0 Å². The van der Waals surface area contributed by atoms with E-state index in [9.17, 15) is 0 Å². The first-order valence-corrected chi connectivity index (χ1v) is 6.35. The number of hydrogen-bond acceptors (Lipinski definition) is 2. The summed E-state index contributed by atoms with van der Waals surface area (Å²) in [6.45, 7) is 4.28. The van der Waals surface area contributed by atoms with Crippen molar-refractivity contribution >= 4 is 0 Å². The summed E-state index contributed by atoms with van der Waals surface area (Å²) in [5, 5.41) is 0. The van der Waals surface area contributed by atoms with E-state index >= 15 is 0 Å². The maximum absolute atomic E-state index is 5.50. The lowest BCUT2D eigenvalue weighted by Gasteiger charge is -2.31. The van der Waals surface area contributed by atoms with E-state index in [-0.39, 0.29) is 0 Å². The normalized spacial score (nSPS) is 20.2. The summed E-state index contributed by atoms with van der Waals surface area (Å²) >= 11 is 0. The van der Waals surface area contributed by atoms with E-state index in [1.807, 2.05) is 0 Å². The molecule has 1 aromatic rings. The molecule has 0 amide bonds. The monoisotopic (exact) mass is 231 g/mol. The summed E-state index contributed by atoms with van der Waals surface area (Å²) < 4.78 is 5.50. The van der Waals surface area contributed by atoms with Gasteiger partial charge in [-0.25, -0.2) is 0 Å². The van der Waals surface area contributed by atoms with Gasteiger partial charge in [0, 0.05) is 26.4 Å². The Kier molecular flexibility index (Phi) is 4.21. The molecule has 0 saturated heterocycles. The maximum Gasteiger partial charge on any atom is 0.0814 e. The van der Waals surface area contributed by atoms with Crippen molar-refractivity contribution < 1.29 is 4.74 Å². The molecular weight excluding hydrogens is 210 g/mol. The zero-order valence-electron chi connectivity index (χ0n) is 10.7. The minimum Gasteiger partial charge on any atom is -0.377 e. The van der Waals surface area contributed by atoms with Crippen LogP contribution in [0.5, 0.6) is 0 Å². The van der Waals surface area contributed by atoms with E-state index in [0.29, 0.717) is 6.10 Å². The Hall–Kier alpha value is -1.28. The molecule has 0 fully saturated rings. The Morgan fingerprint density at radius 3 is 2.71 bits per heavy atom. The fourth-order valence-corrected chi connectivity index (χ4v) is 2.38. The number of ether oxygens (including phenoxy) is 1. The molecule has 1 heterocycles. The summed E-state index contributed by atoms with van der Waals surface area (Å²) in [5.74, 6) is 0. The van der Waals surface area contributed by atoms with Gasteiger partial charge in [0.2, 0.25) is 0 Å². The highest BCUT2D eigenvalue weighted by molar-refractivity contribution is 5.17. The summed E-state index contributed by atoms with van der Waals surface area (Å²) in [6.07, 6.45) is 4.78. The van der Waals surface area contributed by atoms with Crippen molar-refractivity contribution in [2.45, 2.75) is 32.4 Å². The number of nitrogens with zero attached hydrogens (tertiary/aromatic N) is 1. The van der Waals surface area contributed by atoms with Gasteiger partial charge < -0.3 is 9.64 Å². The minimum absolute atomic E-state index is 0.326. The number of hydrogen-bond donors (Lipinski definition) is 0. The van der Waals surface area contributed by atoms with Crippen LogP contribution < -0.4 is 0 Å². The third kappa shape index (κ3) is 3.10. The Morgan fingerprint density at radius 2 is 2.06 bits per heavy atom. The highest BCUT2D eigenvalue weighted by Crippen LogP contribution is 2.22. The van der Waals surface area contributed by atoms with E-state index in [2.05, 4.69) is 48.4 Å². The van der Waals surface area contributed by atoms with Crippen LogP contribution in [0.3, 0.4) is 0 Å². The molecule has 0 radical (unpaired) electrons. The van der Waals surface area contributed by atoms with Gasteiger partial charge in [0.15, 0.2) is 0 Å². The third-order valence-electron chi connectivity index (χ3n) is 3.36. The Labute approximate surface area is 104 Å². The molecule has 1 aromatic carbocycles. The number of benzene rings is 1. The molecule has 1 atom stereocenters. The molecule has 0 aromatic heterocycles. The number of methoxy groups -OCH3 is 1. The first kappa shape index (κ1) is 12.2. The molecule has 2 heteroatoms. The van der Waals surface area contributed by atoms with Gasteiger partial charge in [-0.2, -0.15) is 0 Å². The minimum atomic E-state index is 0.326. The lowest BCUT2D eigenvalue weighted by molar-refractivity contribution is 0.0996. The van der Waals surface area contributed by atoms with Crippen molar-refractivity contribution in [3.05, 3.63) is 47.7 Å². The molecule has 92 valence electrons. The van der Waals surface area contributed by atoms with Crippen LogP contribution in [0.15, 0.2) is 42.1 Å². The first-order chi connectivity index (χ1) is 8.33. The summed E-state index contributed by atoms with van der Waals surface area (Å²) in [5.41, 5.74) is 2.78. The van der Waals surface area contributed by atoms with Gasteiger partial charge in [-0.15, -0.1) is 0 Å². The molecule has 0 N–H and O–H groups in total. The Bertz CT molecular complexity index is 372. The molecule has 2 rings (SSSR count). The van der Waals surface area contributed by atoms with Crippen molar-refractivity contribution in [1.29, 1.82) is 0 Å². The molecule has 0 aliphatic carbocycles. The topological polar surface area (TPSA) is 12.5 Å². The maximum atomic E-state index is 5.50. The van der Waals surface area contributed by atoms with Crippen LogP contribution in [0.25, 0.3) is 0 Å². The molecule has 1 aliphatic heterocycles. The van der Waals surface area contributed by atoms with Crippen LogP contribution in [0.4, 0.5) is 0 Å². The summed E-state index contributed by atoms with van der Waals surface area (Å²) in [7, 11) is 1.81. The standard InChI is InChI=1S/C15H21NO/c1-3-14-12-16(10-9-15(14)17-2)11-13-7-5-4-6-8-13/h4-8,12,15H,3,9-11H2,1-2H3. The second-order valence-corrected chi connectivity index (χ2v) is 4.53. The van der Waals surface area contributed by atoms with Crippen molar-refractivity contribution in [2.75, 3.05) is 13.7 Å². The van der Waals surface area contributed by atoms with Gasteiger partial charge in [0.25, 0.3) is 0 Å². The zero-order chi connectivity index (χ0) is 12.1. The quantitative estimate of drug-likeness (QED) is 0.789. The number of rotatable bonds is 4. The smallest absolute Gasteiger partial charge is 0.0814 e. The van der Waals surface area contributed by atoms with E-state index in [4.69, 9.17) is 4.74 Å². The molecular formula is C15H21NO. The average Bonchev–Trinajstić information content (AvgIpc) is 2.40. The molecule has 0 bridgehead atoms. The lowest BCUT2D eigenvalue weighted by atomic mass is 10.0. The van der Waals surface area contributed by atoms with Gasteiger partial charge >= 0.3 is 0 Å². The van der Waals surface area contributed by atoms with E-state index in [0.717, 1.165) is 25.9 Å². The largest absolute Gasteiger partial charge is 0.377 e. The molecule has 1 unspecified atom stereocenters. The van der Waals surface area contributed by atoms with E-state index in [1.165, 1.54) is 11.1 Å². The highest BCUT2D eigenvalue weighted by Gasteiger charge is 2.19. The first-order valence-electron chi connectivity index (χ1n) is 6.35. The molecule has 0 spiro atoms. The molecule has 1 aliphatic rings. The molecule has 17 heavy (non-hydrogen) atoms. The predicted molar refractivity (Wildman–Crippen MR) is 70.6 cm³/mol. The molecule has 2 nitrogen and oxygen atoms in total. The van der Waals surface area contributed by atoms with Crippen LogP contribution in [0, 0.1) is 0 Å². The van der Waals surface area contributed by atoms with Crippen LogP contribution in [0.1, 0.15) is 25.3 Å². The fourth-order valence-electron chi connectivity index (χ4n) is 2.38. The van der Waals surface area contributed by atoms with Gasteiger partial charge in [-0.1, -0.05) is 37.3 Å². The van der Waals surface area contributed by atoms with E-state index in [1.54, 1.807) is 7.11 Å². The SMILES string of the molecule is CCC1=CN(Cc2ccccc2)CCC1OC. The second-order valence-electron chi connectivity index (χ2n) is 4.53. The highest BCUT2D eigenvalue weighted by atomic mass is 16.5. The van der Waals surface area contributed by atoms with Crippen LogP contribution >= 0.6 is 0 Å². The van der Waals surface area contributed by atoms with Crippen molar-refractivity contribution in [2.24, 2.45) is 0 Å². The summed E-state index contributed by atoms with van der Waals surface area (Å²) in [6, 6.07) is 10.6. The lowest BCUT2D eigenvalue weighted by Crippen LogP contribution is -2.30. The van der Waals surface area contributed by atoms with Crippen molar-refractivity contribution in [1.82, 2.24) is 4.90 Å².